The number of hydrogen-bond acceptors (Lipinski definition) is 6. The van der Waals surface area contributed by atoms with Gasteiger partial charge in [-0.2, -0.15) is 0 Å². The topological polar surface area (TPSA) is 96.2 Å². The molecule has 3 N–H and O–H groups in total. The van der Waals surface area contributed by atoms with Crippen LogP contribution in [-0.2, 0) is 14.3 Å². The van der Waals surface area contributed by atoms with Gasteiger partial charge in [-0.25, -0.2) is 4.79 Å². The van der Waals surface area contributed by atoms with Crippen LogP contribution in [0, 0.1) is 0 Å². The first-order chi connectivity index (χ1) is 5.61. The number of carbonyl (C=O) groups is 1. The molecule has 2 heterocycles. The maximum absolute atomic E-state index is 10.8. The summed E-state index contributed by atoms with van der Waals surface area (Å²) in [5, 5.41) is 27.3. The number of fused-ring (bicyclic) bond motifs is 2. The lowest BCUT2D eigenvalue weighted by Crippen LogP contribution is -2.53. The Morgan fingerprint density at radius 2 is 1.83 bits per heavy atom. The van der Waals surface area contributed by atoms with Crippen LogP contribution in [0.2, 0.25) is 0 Å². The number of ether oxygens (including phenoxy) is 2. The largest absolute Gasteiger partial charge is 0.454 e. The molecule has 2 aliphatic rings. The standard InChI is InChI=1S/C6H8O6/c7-1-3-2(8)5(9)12-4(1)6(10)11-3/h1-5,7-9H/t1-,2+,3+,4+,5+/m0/s1. The minimum Gasteiger partial charge on any atom is -0.454 e. The monoisotopic (exact) mass is 176 g/mol. The fraction of sp³-hybridized carbons (Fsp3) is 0.833. The van der Waals surface area contributed by atoms with E-state index in [9.17, 15) is 9.90 Å². The van der Waals surface area contributed by atoms with Crippen molar-refractivity contribution in [2.24, 2.45) is 0 Å². The van der Waals surface area contributed by atoms with Crippen LogP contribution in [0.3, 0.4) is 0 Å². The van der Waals surface area contributed by atoms with Crippen LogP contribution in [0.1, 0.15) is 0 Å². The minimum atomic E-state index is -1.46. The molecule has 2 bridgehead atoms. The molecule has 6 nitrogen and oxygen atoms in total. The highest BCUT2D eigenvalue weighted by Crippen LogP contribution is 2.29. The first kappa shape index (κ1) is 7.93. The molecular formula is C6H8O6. The second kappa shape index (κ2) is 2.40. The minimum absolute atomic E-state index is 0.747. The van der Waals surface area contributed by atoms with Gasteiger partial charge in [-0.05, 0) is 0 Å². The van der Waals surface area contributed by atoms with Crippen molar-refractivity contribution in [1.29, 1.82) is 0 Å². The third-order valence-electron chi connectivity index (χ3n) is 2.05. The molecule has 0 spiro atoms. The Kier molecular flexibility index (Phi) is 1.58. The molecule has 2 saturated heterocycles. The average molecular weight is 176 g/mol. The molecule has 0 aromatic rings. The van der Waals surface area contributed by atoms with E-state index in [0.29, 0.717) is 0 Å². The number of aliphatic hydroxyl groups is 3. The van der Waals surface area contributed by atoms with E-state index in [1.807, 2.05) is 0 Å². The third-order valence-corrected chi connectivity index (χ3v) is 2.05. The number of hydrogen-bond donors (Lipinski definition) is 3. The zero-order valence-electron chi connectivity index (χ0n) is 5.95. The molecule has 0 aliphatic carbocycles. The highest BCUT2D eigenvalue weighted by molar-refractivity contribution is 5.78. The van der Waals surface area contributed by atoms with Gasteiger partial charge in [0.2, 0.25) is 0 Å². The molecule has 0 saturated carbocycles. The van der Waals surface area contributed by atoms with Gasteiger partial charge >= 0.3 is 5.97 Å². The summed E-state index contributed by atoms with van der Waals surface area (Å²) in [6.07, 6.45) is -6.24. The Morgan fingerprint density at radius 1 is 1.17 bits per heavy atom. The van der Waals surface area contributed by atoms with Crippen molar-refractivity contribution in [3.63, 3.8) is 0 Å². The fourth-order valence-electron chi connectivity index (χ4n) is 1.38. The maximum Gasteiger partial charge on any atom is 0.338 e. The van der Waals surface area contributed by atoms with Crippen LogP contribution in [-0.4, -0.2) is 52.0 Å². The molecule has 0 radical (unpaired) electrons. The summed E-state index contributed by atoms with van der Waals surface area (Å²) in [5.41, 5.74) is 0. The maximum atomic E-state index is 10.8. The van der Waals surface area contributed by atoms with Crippen molar-refractivity contribution < 1.29 is 29.6 Å². The molecular weight excluding hydrogens is 168 g/mol. The summed E-state index contributed by atoms with van der Waals surface area (Å²) in [4.78, 5) is 10.8. The third kappa shape index (κ3) is 0.862. The van der Waals surface area contributed by atoms with Crippen molar-refractivity contribution >= 4 is 5.97 Å². The molecule has 0 aromatic heterocycles. The number of carbonyl (C=O) groups excluding carboxylic acids is 1. The predicted octanol–water partition coefficient (Wildman–Crippen LogP) is -2.65. The van der Waals surface area contributed by atoms with Gasteiger partial charge < -0.3 is 24.8 Å². The van der Waals surface area contributed by atoms with E-state index in [4.69, 9.17) is 10.2 Å². The zero-order valence-corrected chi connectivity index (χ0v) is 5.95. The summed E-state index contributed by atoms with van der Waals surface area (Å²) in [6.45, 7) is 0. The molecule has 0 unspecified atom stereocenters. The quantitative estimate of drug-likeness (QED) is 0.349. The second-order valence-corrected chi connectivity index (χ2v) is 2.83. The first-order valence-electron chi connectivity index (χ1n) is 3.51. The lowest BCUT2D eigenvalue weighted by molar-refractivity contribution is -0.242. The number of esters is 1. The summed E-state index contributed by atoms with van der Waals surface area (Å²) in [6, 6.07) is 0. The van der Waals surface area contributed by atoms with Crippen molar-refractivity contribution in [3.05, 3.63) is 0 Å². The van der Waals surface area contributed by atoms with E-state index in [1.54, 1.807) is 0 Å². The fourth-order valence-corrected chi connectivity index (χ4v) is 1.38. The lowest BCUT2D eigenvalue weighted by atomic mass is 10.0. The molecule has 68 valence electrons. The van der Waals surface area contributed by atoms with E-state index in [1.165, 1.54) is 0 Å². The Hall–Kier alpha value is -0.690. The van der Waals surface area contributed by atoms with E-state index in [0.717, 1.165) is 0 Å². The molecule has 5 atom stereocenters. The van der Waals surface area contributed by atoms with Crippen LogP contribution in [0.25, 0.3) is 0 Å². The molecule has 0 amide bonds. The SMILES string of the molecule is O=C1O[C@H]2[C@@H](O)[C@H](O)O[C@@H]1[C@H]2O. The highest BCUT2D eigenvalue weighted by atomic mass is 16.7. The molecule has 0 aromatic carbocycles. The zero-order chi connectivity index (χ0) is 8.88. The Bertz CT molecular complexity index is 216. The summed E-state index contributed by atoms with van der Waals surface area (Å²) in [7, 11) is 0. The van der Waals surface area contributed by atoms with E-state index >= 15 is 0 Å². The predicted molar refractivity (Wildman–Crippen MR) is 32.8 cm³/mol. The Morgan fingerprint density at radius 3 is 2.50 bits per heavy atom. The van der Waals surface area contributed by atoms with Gasteiger partial charge in [0, 0.05) is 0 Å². The van der Waals surface area contributed by atoms with Crippen LogP contribution < -0.4 is 0 Å². The van der Waals surface area contributed by atoms with Gasteiger partial charge in [-0.3, -0.25) is 0 Å². The Labute approximate surface area is 67.3 Å². The molecule has 2 rings (SSSR count). The van der Waals surface area contributed by atoms with Crippen molar-refractivity contribution in [1.82, 2.24) is 0 Å². The molecule has 2 aliphatic heterocycles. The van der Waals surface area contributed by atoms with Gasteiger partial charge in [0.1, 0.15) is 12.2 Å². The summed E-state index contributed by atoms with van der Waals surface area (Å²) >= 11 is 0. The summed E-state index contributed by atoms with van der Waals surface area (Å²) in [5.74, 6) is -0.747. The lowest BCUT2D eigenvalue weighted by Gasteiger charge is -2.30. The van der Waals surface area contributed by atoms with Gasteiger partial charge in [-0.1, -0.05) is 0 Å². The van der Waals surface area contributed by atoms with Gasteiger partial charge in [0.25, 0.3) is 0 Å². The van der Waals surface area contributed by atoms with Crippen molar-refractivity contribution in [3.8, 4) is 0 Å². The first-order valence-corrected chi connectivity index (χ1v) is 3.51. The van der Waals surface area contributed by atoms with Crippen LogP contribution in [0.5, 0.6) is 0 Å². The Balaban J connectivity index is 2.25. The smallest absolute Gasteiger partial charge is 0.338 e. The molecule has 12 heavy (non-hydrogen) atoms. The highest BCUT2D eigenvalue weighted by Gasteiger charge is 2.55. The van der Waals surface area contributed by atoms with E-state index in [2.05, 4.69) is 9.47 Å². The number of aliphatic hydroxyl groups excluding tert-OH is 3. The van der Waals surface area contributed by atoms with Gasteiger partial charge in [-0.15, -0.1) is 0 Å². The van der Waals surface area contributed by atoms with Crippen LogP contribution in [0.15, 0.2) is 0 Å². The van der Waals surface area contributed by atoms with Gasteiger partial charge in [0.05, 0.1) is 0 Å². The summed E-state index contributed by atoms with van der Waals surface area (Å²) < 4.78 is 9.15. The van der Waals surface area contributed by atoms with Gasteiger partial charge in [0.15, 0.2) is 18.5 Å². The van der Waals surface area contributed by atoms with Crippen LogP contribution in [0.4, 0.5) is 0 Å². The van der Waals surface area contributed by atoms with E-state index < -0.39 is 36.7 Å². The molecule has 6 heteroatoms. The number of rotatable bonds is 0. The normalized spacial score (nSPS) is 52.2. The molecule has 2 fully saturated rings. The van der Waals surface area contributed by atoms with Crippen molar-refractivity contribution in [2.75, 3.05) is 0 Å². The average Bonchev–Trinajstić information content (AvgIpc) is 2.23. The van der Waals surface area contributed by atoms with Crippen molar-refractivity contribution in [2.45, 2.75) is 30.7 Å². The van der Waals surface area contributed by atoms with E-state index in [-0.39, 0.29) is 0 Å². The van der Waals surface area contributed by atoms with Crippen LogP contribution >= 0.6 is 0 Å². The second-order valence-electron chi connectivity index (χ2n) is 2.83.